The zero-order valence-electron chi connectivity index (χ0n) is 14.5. The van der Waals surface area contributed by atoms with E-state index < -0.39 is 11.7 Å². The van der Waals surface area contributed by atoms with Crippen LogP contribution in [-0.4, -0.2) is 27.6 Å². The predicted molar refractivity (Wildman–Crippen MR) is 106 cm³/mol. The molecule has 134 valence electrons. The second kappa shape index (κ2) is 7.55. The molecule has 0 bridgehead atoms. The van der Waals surface area contributed by atoms with Crippen molar-refractivity contribution < 1.29 is 9.59 Å². The summed E-state index contributed by atoms with van der Waals surface area (Å²) >= 11 is 1.53. The Morgan fingerprint density at radius 1 is 1.07 bits per heavy atom. The minimum Gasteiger partial charge on any atom is -0.349 e. The van der Waals surface area contributed by atoms with Crippen molar-refractivity contribution in [3.8, 4) is 11.1 Å². The van der Waals surface area contributed by atoms with Gasteiger partial charge in [-0.1, -0.05) is 36.4 Å². The van der Waals surface area contributed by atoms with Crippen molar-refractivity contribution in [3.05, 3.63) is 83.1 Å². The second-order valence-corrected chi connectivity index (χ2v) is 7.01. The molecular formula is C21H17N3O2S. The lowest BCUT2D eigenvalue weighted by Gasteiger charge is -2.07. The van der Waals surface area contributed by atoms with Gasteiger partial charge in [-0.15, -0.1) is 11.3 Å². The van der Waals surface area contributed by atoms with Crippen LogP contribution in [0.2, 0.25) is 0 Å². The number of hydrogen-bond acceptors (Lipinski definition) is 4. The number of nitrogens with zero attached hydrogens (tertiary/aromatic N) is 2. The Morgan fingerprint density at radius 2 is 1.89 bits per heavy atom. The molecule has 4 aromatic rings. The molecule has 3 heterocycles. The number of pyridine rings is 1. The molecular weight excluding hydrogens is 358 g/mol. The molecule has 0 aliphatic carbocycles. The van der Waals surface area contributed by atoms with Gasteiger partial charge in [0.1, 0.15) is 5.69 Å². The van der Waals surface area contributed by atoms with E-state index in [4.69, 9.17) is 0 Å². The standard InChI is InChI=1S/C21H17N3O2S/c25-20(21(26)23-10-9-18-22-11-13-27-18)19-17(15-6-2-1-3-7-15)14-16-8-4-5-12-24(16)19/h1-8,11-14H,9-10H2,(H,23,26). The smallest absolute Gasteiger partial charge is 0.294 e. The molecule has 0 saturated heterocycles. The van der Waals surface area contributed by atoms with Gasteiger partial charge in [0.2, 0.25) is 0 Å². The summed E-state index contributed by atoms with van der Waals surface area (Å²) in [5, 5.41) is 5.54. The number of fused-ring (bicyclic) bond motifs is 1. The number of aromatic nitrogens is 2. The summed E-state index contributed by atoms with van der Waals surface area (Å²) in [6.45, 7) is 0.377. The SMILES string of the molecule is O=C(NCCc1nccs1)C(=O)c1c(-c2ccccc2)cc2ccccn12. The highest BCUT2D eigenvalue weighted by atomic mass is 32.1. The summed E-state index contributed by atoms with van der Waals surface area (Å²) in [5.74, 6) is -1.15. The molecule has 1 aromatic carbocycles. The molecule has 4 rings (SSSR count). The van der Waals surface area contributed by atoms with Crippen LogP contribution in [0.4, 0.5) is 0 Å². The Labute approximate surface area is 160 Å². The summed E-state index contributed by atoms with van der Waals surface area (Å²) in [5.41, 5.74) is 2.90. The van der Waals surface area contributed by atoms with Crippen LogP contribution in [0.5, 0.6) is 0 Å². The fourth-order valence-corrected chi connectivity index (χ4v) is 3.66. The van der Waals surface area contributed by atoms with E-state index in [0.717, 1.165) is 21.7 Å². The minimum atomic E-state index is -0.604. The number of ketones is 1. The highest BCUT2D eigenvalue weighted by molar-refractivity contribution is 7.09. The topological polar surface area (TPSA) is 63.5 Å². The fourth-order valence-electron chi connectivity index (χ4n) is 3.04. The van der Waals surface area contributed by atoms with Gasteiger partial charge >= 0.3 is 0 Å². The van der Waals surface area contributed by atoms with E-state index in [9.17, 15) is 9.59 Å². The quantitative estimate of drug-likeness (QED) is 0.414. The van der Waals surface area contributed by atoms with Crippen molar-refractivity contribution in [3.63, 3.8) is 0 Å². The minimum absolute atomic E-state index is 0.377. The second-order valence-electron chi connectivity index (χ2n) is 6.03. The van der Waals surface area contributed by atoms with E-state index in [1.807, 2.05) is 60.0 Å². The van der Waals surface area contributed by atoms with Gasteiger partial charge in [-0.3, -0.25) is 9.59 Å². The fraction of sp³-hybridized carbons (Fsp3) is 0.0952. The Morgan fingerprint density at radius 3 is 2.67 bits per heavy atom. The van der Waals surface area contributed by atoms with Gasteiger partial charge in [0.05, 0.1) is 5.01 Å². The first kappa shape index (κ1) is 17.2. The van der Waals surface area contributed by atoms with Crippen LogP contribution in [0.15, 0.2) is 72.4 Å². The first-order valence-corrected chi connectivity index (χ1v) is 9.48. The number of nitrogens with one attached hydrogen (secondary N) is 1. The monoisotopic (exact) mass is 375 g/mol. The number of benzene rings is 1. The molecule has 0 atom stereocenters. The molecule has 5 nitrogen and oxygen atoms in total. The molecule has 27 heavy (non-hydrogen) atoms. The number of hydrogen-bond donors (Lipinski definition) is 1. The third-order valence-corrected chi connectivity index (χ3v) is 5.13. The largest absolute Gasteiger partial charge is 0.349 e. The van der Waals surface area contributed by atoms with Gasteiger partial charge in [-0.2, -0.15) is 0 Å². The van der Waals surface area contributed by atoms with Crippen molar-refractivity contribution in [2.24, 2.45) is 0 Å². The third-order valence-electron chi connectivity index (χ3n) is 4.29. The van der Waals surface area contributed by atoms with E-state index in [-0.39, 0.29) is 0 Å². The molecule has 3 aromatic heterocycles. The van der Waals surface area contributed by atoms with Crippen molar-refractivity contribution >= 4 is 28.5 Å². The molecule has 0 aliphatic rings. The lowest BCUT2D eigenvalue weighted by atomic mass is 10.0. The zero-order chi connectivity index (χ0) is 18.6. The van der Waals surface area contributed by atoms with Crippen LogP contribution in [0.1, 0.15) is 15.5 Å². The lowest BCUT2D eigenvalue weighted by Crippen LogP contribution is -2.33. The van der Waals surface area contributed by atoms with Gasteiger partial charge in [0.25, 0.3) is 11.7 Å². The van der Waals surface area contributed by atoms with Gasteiger partial charge < -0.3 is 9.72 Å². The summed E-state index contributed by atoms with van der Waals surface area (Å²) < 4.78 is 1.77. The number of amides is 1. The average Bonchev–Trinajstić information content (AvgIpc) is 3.35. The van der Waals surface area contributed by atoms with Crippen LogP contribution < -0.4 is 5.32 Å². The van der Waals surface area contributed by atoms with Crippen molar-refractivity contribution in [1.82, 2.24) is 14.7 Å². The summed E-state index contributed by atoms with van der Waals surface area (Å²) in [6.07, 6.45) is 4.14. The number of rotatable bonds is 6. The van der Waals surface area contributed by atoms with Crippen molar-refractivity contribution in [1.29, 1.82) is 0 Å². The number of Topliss-reactive ketones (excluding diaryl/α,β-unsaturated/α-hetero) is 1. The Bertz CT molecular complexity index is 1090. The van der Waals surface area contributed by atoms with E-state index in [1.54, 1.807) is 16.8 Å². The maximum atomic E-state index is 13.0. The van der Waals surface area contributed by atoms with Gasteiger partial charge in [-0.25, -0.2) is 4.98 Å². The van der Waals surface area contributed by atoms with Crippen molar-refractivity contribution in [2.45, 2.75) is 6.42 Å². The van der Waals surface area contributed by atoms with Gasteiger partial charge in [0, 0.05) is 41.8 Å². The summed E-state index contributed by atoms with van der Waals surface area (Å²) in [6, 6.07) is 17.2. The molecule has 0 saturated carbocycles. The molecule has 0 fully saturated rings. The number of thiazole rings is 1. The molecule has 0 unspecified atom stereocenters. The lowest BCUT2D eigenvalue weighted by molar-refractivity contribution is -0.117. The van der Waals surface area contributed by atoms with Gasteiger partial charge in [-0.05, 0) is 23.8 Å². The molecule has 6 heteroatoms. The Balaban J connectivity index is 1.63. The number of carbonyl (C=O) groups is 2. The highest BCUT2D eigenvalue weighted by Crippen LogP contribution is 2.28. The van der Waals surface area contributed by atoms with Gasteiger partial charge in [0.15, 0.2) is 0 Å². The number of carbonyl (C=O) groups excluding carboxylic acids is 2. The molecule has 0 spiro atoms. The molecule has 1 amide bonds. The predicted octanol–water partition coefficient (Wildman–Crippen LogP) is 3.60. The Kier molecular flexibility index (Phi) is 4.80. The zero-order valence-corrected chi connectivity index (χ0v) is 15.3. The average molecular weight is 375 g/mol. The maximum absolute atomic E-state index is 13.0. The molecule has 0 radical (unpaired) electrons. The summed E-state index contributed by atoms with van der Waals surface area (Å²) in [7, 11) is 0. The van der Waals surface area contributed by atoms with Crippen LogP contribution in [0.3, 0.4) is 0 Å². The maximum Gasteiger partial charge on any atom is 0.294 e. The van der Waals surface area contributed by atoms with E-state index in [2.05, 4.69) is 10.3 Å². The van der Waals surface area contributed by atoms with E-state index in [0.29, 0.717) is 18.7 Å². The van der Waals surface area contributed by atoms with Crippen molar-refractivity contribution in [2.75, 3.05) is 6.54 Å². The Hall–Kier alpha value is -3.25. The van der Waals surface area contributed by atoms with Crippen LogP contribution in [0, 0.1) is 0 Å². The highest BCUT2D eigenvalue weighted by Gasteiger charge is 2.24. The summed E-state index contributed by atoms with van der Waals surface area (Å²) in [4.78, 5) is 29.6. The van der Waals surface area contributed by atoms with Crippen LogP contribution in [-0.2, 0) is 11.2 Å². The van der Waals surface area contributed by atoms with E-state index in [1.165, 1.54) is 11.3 Å². The normalized spacial score (nSPS) is 10.8. The van der Waals surface area contributed by atoms with Crippen LogP contribution >= 0.6 is 11.3 Å². The van der Waals surface area contributed by atoms with Crippen LogP contribution in [0.25, 0.3) is 16.6 Å². The first-order valence-electron chi connectivity index (χ1n) is 8.60. The van der Waals surface area contributed by atoms with E-state index >= 15 is 0 Å². The third kappa shape index (κ3) is 3.52. The molecule has 1 N–H and O–H groups in total. The molecule has 0 aliphatic heterocycles. The first-order chi connectivity index (χ1) is 13.2.